The van der Waals surface area contributed by atoms with Crippen LogP contribution < -0.4 is 5.32 Å². The molecule has 1 heterocycles. The summed E-state index contributed by atoms with van der Waals surface area (Å²) in [6, 6.07) is 12.1. The minimum Gasteiger partial charge on any atom is -0.376 e. The van der Waals surface area contributed by atoms with Gasteiger partial charge in [-0.05, 0) is 48.9 Å². The minimum atomic E-state index is -3.50. The van der Waals surface area contributed by atoms with Crippen LogP contribution >= 0.6 is 11.6 Å². The topological polar surface area (TPSA) is 88.3 Å². The number of aryl methyl sites for hydroxylation is 1. The van der Waals surface area contributed by atoms with Crippen LogP contribution in [-0.4, -0.2) is 37.0 Å². The van der Waals surface area contributed by atoms with E-state index in [0.717, 1.165) is 11.1 Å². The summed E-state index contributed by atoms with van der Waals surface area (Å²) in [6.45, 7) is 2.16. The van der Waals surface area contributed by atoms with Gasteiger partial charge in [-0.15, -0.1) is 0 Å². The Kier molecular flexibility index (Phi) is 5.50. The largest absolute Gasteiger partial charge is 0.376 e. The standard InChI is InChI=1S/C18H19ClN4O3S/c1-12-4-9-15(27(24,25)23(2)3)10-16(12)20-11-17-21-18(22-26-17)13-5-7-14(19)8-6-13/h4-10,20H,11H2,1-3H3. The van der Waals surface area contributed by atoms with Crippen LogP contribution in [0.25, 0.3) is 11.4 Å². The van der Waals surface area contributed by atoms with Gasteiger partial charge in [0.15, 0.2) is 0 Å². The molecular weight excluding hydrogens is 388 g/mol. The van der Waals surface area contributed by atoms with Gasteiger partial charge in [0, 0.05) is 30.4 Å². The molecule has 1 aromatic heterocycles. The minimum absolute atomic E-state index is 0.216. The normalized spacial score (nSPS) is 11.7. The molecule has 142 valence electrons. The van der Waals surface area contributed by atoms with Gasteiger partial charge in [0.05, 0.1) is 11.4 Å². The number of benzene rings is 2. The molecule has 0 saturated heterocycles. The van der Waals surface area contributed by atoms with Crippen molar-refractivity contribution >= 4 is 27.3 Å². The zero-order valence-electron chi connectivity index (χ0n) is 15.1. The maximum absolute atomic E-state index is 12.3. The molecule has 0 spiro atoms. The van der Waals surface area contributed by atoms with Gasteiger partial charge in [-0.3, -0.25) is 0 Å². The second-order valence-electron chi connectivity index (χ2n) is 6.14. The third kappa shape index (κ3) is 4.29. The predicted molar refractivity (Wildman–Crippen MR) is 104 cm³/mol. The predicted octanol–water partition coefficient (Wildman–Crippen LogP) is 3.56. The van der Waals surface area contributed by atoms with Crippen molar-refractivity contribution in [3.05, 3.63) is 58.9 Å². The van der Waals surface area contributed by atoms with Crippen molar-refractivity contribution in [2.24, 2.45) is 0 Å². The van der Waals surface area contributed by atoms with Crippen molar-refractivity contribution in [3.8, 4) is 11.4 Å². The smallest absolute Gasteiger partial charge is 0.246 e. The third-order valence-electron chi connectivity index (χ3n) is 3.99. The molecule has 0 amide bonds. The van der Waals surface area contributed by atoms with Gasteiger partial charge in [0.2, 0.25) is 21.7 Å². The van der Waals surface area contributed by atoms with Gasteiger partial charge < -0.3 is 9.84 Å². The first-order valence-electron chi connectivity index (χ1n) is 8.13. The number of nitrogens with zero attached hydrogens (tertiary/aromatic N) is 3. The van der Waals surface area contributed by atoms with Crippen molar-refractivity contribution in [2.45, 2.75) is 18.4 Å². The summed E-state index contributed by atoms with van der Waals surface area (Å²) in [7, 11) is -0.505. The van der Waals surface area contributed by atoms with Gasteiger partial charge in [-0.2, -0.15) is 4.98 Å². The van der Waals surface area contributed by atoms with Crippen LogP contribution in [0.2, 0.25) is 5.02 Å². The monoisotopic (exact) mass is 406 g/mol. The first-order chi connectivity index (χ1) is 12.8. The molecule has 7 nitrogen and oxygen atoms in total. The molecule has 0 aliphatic heterocycles. The Bertz CT molecular complexity index is 1050. The number of halogens is 1. The Morgan fingerprint density at radius 2 is 1.85 bits per heavy atom. The highest BCUT2D eigenvalue weighted by Crippen LogP contribution is 2.23. The molecule has 27 heavy (non-hydrogen) atoms. The van der Waals surface area contributed by atoms with Crippen LogP contribution in [0, 0.1) is 6.92 Å². The average molecular weight is 407 g/mol. The molecule has 3 aromatic rings. The van der Waals surface area contributed by atoms with E-state index >= 15 is 0 Å². The molecule has 0 aliphatic rings. The van der Waals surface area contributed by atoms with Gasteiger partial charge in [-0.25, -0.2) is 12.7 Å². The third-order valence-corrected chi connectivity index (χ3v) is 6.05. The van der Waals surface area contributed by atoms with Crippen LogP contribution in [0.15, 0.2) is 51.9 Å². The lowest BCUT2D eigenvalue weighted by Gasteiger charge is -2.14. The fraction of sp³-hybridized carbons (Fsp3) is 0.222. The van der Waals surface area contributed by atoms with Crippen molar-refractivity contribution in [3.63, 3.8) is 0 Å². The lowest BCUT2D eigenvalue weighted by Crippen LogP contribution is -2.22. The van der Waals surface area contributed by atoms with Crippen LogP contribution in [0.3, 0.4) is 0 Å². The number of rotatable bonds is 6. The van der Waals surface area contributed by atoms with E-state index in [4.69, 9.17) is 16.1 Å². The Morgan fingerprint density at radius 1 is 1.15 bits per heavy atom. The molecule has 2 aromatic carbocycles. The van der Waals surface area contributed by atoms with Crippen LogP contribution in [0.4, 0.5) is 5.69 Å². The molecule has 3 rings (SSSR count). The lowest BCUT2D eigenvalue weighted by atomic mass is 10.2. The number of anilines is 1. The molecule has 1 N–H and O–H groups in total. The number of hydrogen-bond donors (Lipinski definition) is 1. The van der Waals surface area contributed by atoms with Crippen molar-refractivity contribution in [1.29, 1.82) is 0 Å². The number of nitrogens with one attached hydrogen (secondary N) is 1. The van der Waals surface area contributed by atoms with E-state index in [1.807, 2.05) is 19.1 Å². The first kappa shape index (κ1) is 19.3. The summed E-state index contributed by atoms with van der Waals surface area (Å²) in [4.78, 5) is 4.56. The Hall–Kier alpha value is -2.42. The van der Waals surface area contributed by atoms with Crippen molar-refractivity contribution in [1.82, 2.24) is 14.4 Å². The van der Waals surface area contributed by atoms with Crippen LogP contribution in [0.1, 0.15) is 11.5 Å². The summed E-state index contributed by atoms with van der Waals surface area (Å²) in [5, 5.41) is 7.74. The van der Waals surface area contributed by atoms with E-state index in [9.17, 15) is 8.42 Å². The fourth-order valence-corrected chi connectivity index (χ4v) is 3.43. The van der Waals surface area contributed by atoms with Crippen LogP contribution in [-0.2, 0) is 16.6 Å². The lowest BCUT2D eigenvalue weighted by molar-refractivity contribution is 0.384. The SMILES string of the molecule is Cc1ccc(S(=O)(=O)N(C)C)cc1NCc1nc(-c2ccc(Cl)cc2)no1. The summed E-state index contributed by atoms with van der Waals surface area (Å²) in [5.74, 6) is 0.851. The van der Waals surface area contributed by atoms with E-state index in [1.54, 1.807) is 30.3 Å². The average Bonchev–Trinajstić information content (AvgIpc) is 3.10. The molecule has 0 radical (unpaired) electrons. The van der Waals surface area contributed by atoms with E-state index in [-0.39, 0.29) is 11.4 Å². The highest BCUT2D eigenvalue weighted by Gasteiger charge is 2.18. The maximum atomic E-state index is 12.3. The van der Waals surface area contributed by atoms with E-state index in [2.05, 4.69) is 15.5 Å². The molecule has 0 unspecified atom stereocenters. The molecule has 0 fully saturated rings. The first-order valence-corrected chi connectivity index (χ1v) is 9.95. The highest BCUT2D eigenvalue weighted by atomic mass is 35.5. The number of aromatic nitrogens is 2. The molecule has 0 bridgehead atoms. The molecular formula is C18H19ClN4O3S. The Morgan fingerprint density at radius 3 is 2.52 bits per heavy atom. The van der Waals surface area contributed by atoms with Gasteiger partial charge in [-0.1, -0.05) is 22.8 Å². The number of hydrogen-bond acceptors (Lipinski definition) is 6. The fourth-order valence-electron chi connectivity index (χ4n) is 2.38. The maximum Gasteiger partial charge on any atom is 0.246 e. The quantitative estimate of drug-likeness (QED) is 0.673. The number of sulfonamides is 1. The zero-order valence-corrected chi connectivity index (χ0v) is 16.7. The molecule has 0 aliphatic carbocycles. The summed E-state index contributed by atoms with van der Waals surface area (Å²) >= 11 is 5.88. The summed E-state index contributed by atoms with van der Waals surface area (Å²) in [6.07, 6.45) is 0. The molecule has 0 saturated carbocycles. The summed E-state index contributed by atoms with van der Waals surface area (Å²) in [5.41, 5.74) is 2.39. The van der Waals surface area contributed by atoms with Crippen LogP contribution in [0.5, 0.6) is 0 Å². The van der Waals surface area contributed by atoms with Crippen molar-refractivity contribution in [2.75, 3.05) is 19.4 Å². The Labute approximate surface area is 163 Å². The second-order valence-corrected chi connectivity index (χ2v) is 8.72. The van der Waals surface area contributed by atoms with Gasteiger partial charge in [0.25, 0.3) is 0 Å². The van der Waals surface area contributed by atoms with Crippen molar-refractivity contribution < 1.29 is 12.9 Å². The second kappa shape index (κ2) is 7.67. The van der Waals surface area contributed by atoms with Gasteiger partial charge >= 0.3 is 0 Å². The highest BCUT2D eigenvalue weighted by molar-refractivity contribution is 7.89. The summed E-state index contributed by atoms with van der Waals surface area (Å²) < 4.78 is 31.0. The van der Waals surface area contributed by atoms with E-state index < -0.39 is 10.0 Å². The zero-order chi connectivity index (χ0) is 19.6. The van der Waals surface area contributed by atoms with E-state index in [0.29, 0.717) is 22.4 Å². The van der Waals surface area contributed by atoms with Gasteiger partial charge in [0.1, 0.15) is 0 Å². The molecule has 9 heteroatoms. The molecule has 0 atom stereocenters. The van der Waals surface area contributed by atoms with E-state index in [1.165, 1.54) is 18.4 Å². The Balaban J connectivity index is 1.76.